The minimum Gasteiger partial charge on any atom is -0.496 e. The van der Waals surface area contributed by atoms with Crippen LogP contribution in [0.4, 0.5) is 0 Å². The van der Waals surface area contributed by atoms with Gasteiger partial charge in [0, 0.05) is 18.0 Å². The van der Waals surface area contributed by atoms with E-state index in [0.717, 1.165) is 29.1 Å². The standard InChI is InChI=1S/C16H21N3O/c1-5-18-15(14-10-17-8-9-19-14)13-7-6-11(2)12(3)16(13)20-4/h6-10,15,18H,5H2,1-4H3. The Kier molecular flexibility index (Phi) is 4.69. The molecule has 1 unspecified atom stereocenters. The van der Waals surface area contributed by atoms with Crippen LogP contribution in [-0.4, -0.2) is 23.6 Å². The molecule has 0 aliphatic heterocycles. The van der Waals surface area contributed by atoms with Crippen LogP contribution in [0.25, 0.3) is 0 Å². The molecule has 1 atom stereocenters. The quantitative estimate of drug-likeness (QED) is 0.908. The molecule has 106 valence electrons. The number of ether oxygens (including phenoxy) is 1. The van der Waals surface area contributed by atoms with Gasteiger partial charge in [-0.05, 0) is 31.5 Å². The number of aryl methyl sites for hydroxylation is 1. The molecule has 0 aliphatic carbocycles. The minimum absolute atomic E-state index is 0.0112. The van der Waals surface area contributed by atoms with Crippen LogP contribution >= 0.6 is 0 Å². The zero-order valence-electron chi connectivity index (χ0n) is 12.5. The number of rotatable bonds is 5. The highest BCUT2D eigenvalue weighted by Crippen LogP contribution is 2.33. The zero-order valence-corrected chi connectivity index (χ0v) is 12.5. The van der Waals surface area contributed by atoms with Crippen molar-refractivity contribution in [1.82, 2.24) is 15.3 Å². The van der Waals surface area contributed by atoms with Crippen LogP contribution in [0.5, 0.6) is 5.75 Å². The third kappa shape index (κ3) is 2.80. The predicted octanol–water partition coefficient (Wildman–Crippen LogP) is 2.80. The highest BCUT2D eigenvalue weighted by Gasteiger charge is 2.20. The Morgan fingerprint density at radius 1 is 1.25 bits per heavy atom. The summed E-state index contributed by atoms with van der Waals surface area (Å²) in [5.74, 6) is 0.918. The first-order valence-corrected chi connectivity index (χ1v) is 6.82. The Hall–Kier alpha value is -1.94. The lowest BCUT2D eigenvalue weighted by atomic mass is 9.97. The van der Waals surface area contributed by atoms with Crippen molar-refractivity contribution in [2.75, 3.05) is 13.7 Å². The van der Waals surface area contributed by atoms with Crippen LogP contribution in [0.2, 0.25) is 0 Å². The molecular formula is C16H21N3O. The van der Waals surface area contributed by atoms with Gasteiger partial charge in [-0.3, -0.25) is 9.97 Å². The summed E-state index contributed by atoms with van der Waals surface area (Å²) < 4.78 is 5.62. The highest BCUT2D eigenvalue weighted by molar-refractivity contribution is 5.48. The van der Waals surface area contributed by atoms with Crippen molar-refractivity contribution in [3.05, 3.63) is 53.1 Å². The summed E-state index contributed by atoms with van der Waals surface area (Å²) in [6.07, 6.45) is 5.19. The normalized spacial score (nSPS) is 12.2. The molecule has 1 aromatic heterocycles. The summed E-state index contributed by atoms with van der Waals surface area (Å²) in [4.78, 5) is 8.59. The van der Waals surface area contributed by atoms with Crippen LogP contribution in [0.3, 0.4) is 0 Å². The van der Waals surface area contributed by atoms with E-state index >= 15 is 0 Å². The maximum Gasteiger partial charge on any atom is 0.127 e. The second-order valence-corrected chi connectivity index (χ2v) is 4.75. The molecule has 1 N–H and O–H groups in total. The summed E-state index contributed by atoms with van der Waals surface area (Å²) in [6.45, 7) is 7.10. The van der Waals surface area contributed by atoms with E-state index in [1.807, 2.05) is 0 Å². The van der Waals surface area contributed by atoms with Gasteiger partial charge in [0.15, 0.2) is 0 Å². The van der Waals surface area contributed by atoms with Gasteiger partial charge in [0.2, 0.25) is 0 Å². The van der Waals surface area contributed by atoms with Crippen molar-refractivity contribution in [3.63, 3.8) is 0 Å². The molecule has 0 spiro atoms. The summed E-state index contributed by atoms with van der Waals surface area (Å²) in [5.41, 5.74) is 4.38. The maximum atomic E-state index is 5.62. The molecule has 0 bridgehead atoms. The van der Waals surface area contributed by atoms with E-state index < -0.39 is 0 Å². The fourth-order valence-corrected chi connectivity index (χ4v) is 2.35. The second kappa shape index (κ2) is 6.48. The van der Waals surface area contributed by atoms with Crippen molar-refractivity contribution >= 4 is 0 Å². The summed E-state index contributed by atoms with van der Waals surface area (Å²) >= 11 is 0. The molecule has 1 heterocycles. The Morgan fingerprint density at radius 3 is 2.65 bits per heavy atom. The first-order valence-electron chi connectivity index (χ1n) is 6.82. The van der Waals surface area contributed by atoms with Crippen molar-refractivity contribution in [2.45, 2.75) is 26.8 Å². The molecule has 4 heteroatoms. The third-order valence-corrected chi connectivity index (χ3v) is 3.51. The molecule has 2 aromatic rings. The monoisotopic (exact) mass is 271 g/mol. The van der Waals surface area contributed by atoms with Crippen LogP contribution in [0.15, 0.2) is 30.7 Å². The van der Waals surface area contributed by atoms with Gasteiger partial charge in [-0.25, -0.2) is 0 Å². The predicted molar refractivity (Wildman–Crippen MR) is 80.0 cm³/mol. The van der Waals surface area contributed by atoms with E-state index in [-0.39, 0.29) is 6.04 Å². The Morgan fingerprint density at radius 2 is 2.05 bits per heavy atom. The Bertz CT molecular complexity index is 569. The molecule has 0 aliphatic rings. The van der Waals surface area contributed by atoms with Crippen LogP contribution < -0.4 is 10.1 Å². The van der Waals surface area contributed by atoms with Gasteiger partial charge in [-0.15, -0.1) is 0 Å². The topological polar surface area (TPSA) is 47.0 Å². The average molecular weight is 271 g/mol. The fourth-order valence-electron chi connectivity index (χ4n) is 2.35. The zero-order chi connectivity index (χ0) is 14.5. The minimum atomic E-state index is -0.0112. The van der Waals surface area contributed by atoms with Gasteiger partial charge >= 0.3 is 0 Å². The Labute approximate surface area is 120 Å². The number of methoxy groups -OCH3 is 1. The van der Waals surface area contributed by atoms with Crippen molar-refractivity contribution in [3.8, 4) is 5.75 Å². The summed E-state index contributed by atoms with van der Waals surface area (Å²) in [5, 5.41) is 3.45. The number of aromatic nitrogens is 2. The van der Waals surface area contributed by atoms with Crippen molar-refractivity contribution in [2.24, 2.45) is 0 Å². The van der Waals surface area contributed by atoms with Gasteiger partial charge in [0.05, 0.1) is 25.0 Å². The number of benzene rings is 1. The van der Waals surface area contributed by atoms with E-state index in [2.05, 4.69) is 48.2 Å². The summed E-state index contributed by atoms with van der Waals surface area (Å²) in [6, 6.07) is 4.21. The number of nitrogens with one attached hydrogen (secondary N) is 1. The van der Waals surface area contributed by atoms with E-state index in [4.69, 9.17) is 4.74 Å². The number of hydrogen-bond donors (Lipinski definition) is 1. The lowest BCUT2D eigenvalue weighted by Crippen LogP contribution is -2.24. The van der Waals surface area contributed by atoms with E-state index in [0.29, 0.717) is 0 Å². The van der Waals surface area contributed by atoms with Gasteiger partial charge in [0.1, 0.15) is 5.75 Å². The SMILES string of the molecule is CCNC(c1cnccn1)c1ccc(C)c(C)c1OC. The third-order valence-electron chi connectivity index (χ3n) is 3.51. The number of hydrogen-bond acceptors (Lipinski definition) is 4. The lowest BCUT2D eigenvalue weighted by Gasteiger charge is -2.22. The maximum absolute atomic E-state index is 5.62. The molecule has 0 saturated carbocycles. The van der Waals surface area contributed by atoms with Crippen LogP contribution in [0, 0.1) is 13.8 Å². The first-order chi connectivity index (χ1) is 9.69. The lowest BCUT2D eigenvalue weighted by molar-refractivity contribution is 0.400. The first kappa shape index (κ1) is 14.5. The van der Waals surface area contributed by atoms with E-state index in [1.165, 1.54) is 5.56 Å². The van der Waals surface area contributed by atoms with E-state index in [1.54, 1.807) is 25.7 Å². The largest absolute Gasteiger partial charge is 0.496 e. The average Bonchev–Trinajstić information content (AvgIpc) is 2.48. The van der Waals surface area contributed by atoms with Crippen molar-refractivity contribution in [1.29, 1.82) is 0 Å². The summed E-state index contributed by atoms with van der Waals surface area (Å²) in [7, 11) is 1.71. The van der Waals surface area contributed by atoms with Gasteiger partial charge in [-0.1, -0.05) is 19.1 Å². The molecule has 4 nitrogen and oxygen atoms in total. The van der Waals surface area contributed by atoms with Gasteiger partial charge < -0.3 is 10.1 Å². The van der Waals surface area contributed by atoms with Gasteiger partial charge in [-0.2, -0.15) is 0 Å². The molecule has 2 rings (SSSR count). The molecule has 0 radical (unpaired) electrons. The molecule has 1 aromatic carbocycles. The van der Waals surface area contributed by atoms with Crippen LogP contribution in [0.1, 0.15) is 35.3 Å². The second-order valence-electron chi connectivity index (χ2n) is 4.75. The highest BCUT2D eigenvalue weighted by atomic mass is 16.5. The number of nitrogens with zero attached hydrogens (tertiary/aromatic N) is 2. The smallest absolute Gasteiger partial charge is 0.127 e. The molecular weight excluding hydrogens is 250 g/mol. The Balaban J connectivity index is 2.53. The fraction of sp³-hybridized carbons (Fsp3) is 0.375. The van der Waals surface area contributed by atoms with Crippen LogP contribution in [-0.2, 0) is 0 Å². The molecule has 0 saturated heterocycles. The molecule has 0 fully saturated rings. The van der Waals surface area contributed by atoms with E-state index in [9.17, 15) is 0 Å². The molecule has 20 heavy (non-hydrogen) atoms. The van der Waals surface area contributed by atoms with Crippen molar-refractivity contribution < 1.29 is 4.74 Å². The van der Waals surface area contributed by atoms with Gasteiger partial charge in [0.25, 0.3) is 0 Å². The molecule has 0 amide bonds.